The quantitative estimate of drug-likeness (QED) is 0.659. The molecule has 2 heterocycles. The second-order valence-corrected chi connectivity index (χ2v) is 6.50. The van der Waals surface area contributed by atoms with E-state index in [9.17, 15) is 0 Å². The number of nitrogens with zero attached hydrogens (tertiary/aromatic N) is 4. The largest absolute Gasteiger partial charge is 0.481 e. The molecule has 0 amide bonds. The summed E-state index contributed by atoms with van der Waals surface area (Å²) in [6.07, 6.45) is 1.82. The van der Waals surface area contributed by atoms with Gasteiger partial charge in [-0.25, -0.2) is 4.98 Å². The number of pyridine rings is 1. The Bertz CT molecular complexity index is 742. The van der Waals surface area contributed by atoms with E-state index in [-0.39, 0.29) is 0 Å². The van der Waals surface area contributed by atoms with Gasteiger partial charge in [0, 0.05) is 62.7 Å². The molecule has 1 aromatic heterocycles. The van der Waals surface area contributed by atoms with Gasteiger partial charge < -0.3 is 19.9 Å². The van der Waals surface area contributed by atoms with Crippen molar-refractivity contribution in [1.82, 2.24) is 15.2 Å². The molecule has 1 saturated heterocycles. The van der Waals surface area contributed by atoms with E-state index in [0.29, 0.717) is 12.4 Å². The molecule has 1 fully saturated rings. The van der Waals surface area contributed by atoms with Crippen LogP contribution in [0.3, 0.4) is 0 Å². The molecular formula is C19H24ClN5O. The minimum atomic E-state index is 0.621. The molecule has 0 unspecified atom stereocenters. The number of hydrogen-bond donors (Lipinski definition) is 1. The van der Waals surface area contributed by atoms with Crippen molar-refractivity contribution in [3.63, 3.8) is 0 Å². The number of ether oxygens (including phenoxy) is 1. The number of rotatable bonds is 4. The Hall–Kier alpha value is -2.47. The number of aromatic nitrogens is 1. The molecule has 0 atom stereocenters. The first-order chi connectivity index (χ1) is 12.7. The molecule has 1 aliphatic heterocycles. The van der Waals surface area contributed by atoms with Crippen LogP contribution in [0.5, 0.6) is 5.88 Å². The Balaban J connectivity index is 1.53. The normalized spacial score (nSPS) is 15.1. The molecule has 7 heteroatoms. The van der Waals surface area contributed by atoms with Crippen molar-refractivity contribution in [2.24, 2.45) is 4.99 Å². The second-order valence-electron chi connectivity index (χ2n) is 6.06. The Kier molecular flexibility index (Phi) is 6.17. The van der Waals surface area contributed by atoms with E-state index in [1.54, 1.807) is 7.11 Å². The summed E-state index contributed by atoms with van der Waals surface area (Å²) in [6.45, 7) is 4.37. The number of piperazine rings is 1. The van der Waals surface area contributed by atoms with Gasteiger partial charge in [0.1, 0.15) is 0 Å². The predicted molar refractivity (Wildman–Crippen MR) is 106 cm³/mol. The molecule has 3 rings (SSSR count). The first-order valence-corrected chi connectivity index (χ1v) is 9.02. The first-order valence-electron chi connectivity index (χ1n) is 8.64. The molecule has 0 spiro atoms. The number of halogens is 1. The summed E-state index contributed by atoms with van der Waals surface area (Å²) < 4.78 is 5.09. The summed E-state index contributed by atoms with van der Waals surface area (Å²) in [5, 5.41) is 4.19. The van der Waals surface area contributed by atoms with E-state index in [0.717, 1.165) is 42.7 Å². The van der Waals surface area contributed by atoms with Gasteiger partial charge in [0.15, 0.2) is 5.96 Å². The number of benzene rings is 1. The van der Waals surface area contributed by atoms with Crippen molar-refractivity contribution >= 4 is 23.2 Å². The van der Waals surface area contributed by atoms with Crippen LogP contribution in [0.4, 0.5) is 5.69 Å². The third kappa shape index (κ3) is 4.58. The van der Waals surface area contributed by atoms with Crippen LogP contribution in [0.1, 0.15) is 5.56 Å². The topological polar surface area (TPSA) is 53.0 Å². The molecule has 0 radical (unpaired) electrons. The number of guanidine groups is 1. The summed E-state index contributed by atoms with van der Waals surface area (Å²) in [4.78, 5) is 13.3. The highest BCUT2D eigenvalue weighted by Gasteiger charge is 2.19. The molecule has 0 aliphatic carbocycles. The van der Waals surface area contributed by atoms with Crippen LogP contribution in [0.15, 0.2) is 47.6 Å². The summed E-state index contributed by atoms with van der Waals surface area (Å²) in [5.74, 6) is 1.53. The summed E-state index contributed by atoms with van der Waals surface area (Å²) in [6, 6.07) is 11.9. The number of hydrogen-bond acceptors (Lipinski definition) is 4. The highest BCUT2D eigenvalue weighted by molar-refractivity contribution is 6.30. The van der Waals surface area contributed by atoms with Crippen LogP contribution >= 0.6 is 11.6 Å². The average Bonchev–Trinajstić information content (AvgIpc) is 2.69. The lowest BCUT2D eigenvalue weighted by molar-refractivity contribution is 0.372. The summed E-state index contributed by atoms with van der Waals surface area (Å²) in [7, 11) is 3.43. The van der Waals surface area contributed by atoms with Gasteiger partial charge in [0.2, 0.25) is 5.88 Å². The maximum absolute atomic E-state index is 6.10. The van der Waals surface area contributed by atoms with E-state index in [1.807, 2.05) is 43.6 Å². The van der Waals surface area contributed by atoms with Crippen molar-refractivity contribution in [2.45, 2.75) is 6.54 Å². The summed E-state index contributed by atoms with van der Waals surface area (Å²) in [5.41, 5.74) is 2.26. The fourth-order valence-electron chi connectivity index (χ4n) is 3.00. The van der Waals surface area contributed by atoms with Crippen molar-refractivity contribution in [2.75, 3.05) is 45.2 Å². The Morgan fingerprint density at radius 3 is 2.65 bits per heavy atom. The Morgan fingerprint density at radius 1 is 1.23 bits per heavy atom. The monoisotopic (exact) mass is 373 g/mol. The molecule has 0 saturated carbocycles. The fraction of sp³-hybridized carbons (Fsp3) is 0.368. The molecule has 1 aliphatic rings. The van der Waals surface area contributed by atoms with E-state index in [2.05, 4.69) is 31.2 Å². The highest BCUT2D eigenvalue weighted by atomic mass is 35.5. The van der Waals surface area contributed by atoms with Crippen LogP contribution in [0, 0.1) is 0 Å². The van der Waals surface area contributed by atoms with Crippen LogP contribution < -0.4 is 15.0 Å². The third-order valence-electron chi connectivity index (χ3n) is 4.42. The molecule has 138 valence electrons. The van der Waals surface area contributed by atoms with Crippen molar-refractivity contribution in [3.05, 3.63) is 53.2 Å². The SMILES string of the molecule is CN=C(NCc1ccc(OC)nc1)N1CCN(c2cccc(Cl)c2)CC1. The van der Waals surface area contributed by atoms with Crippen LogP contribution in [-0.4, -0.2) is 56.2 Å². The van der Waals surface area contributed by atoms with Crippen LogP contribution in [0.25, 0.3) is 0 Å². The lowest BCUT2D eigenvalue weighted by atomic mass is 10.2. The first kappa shape index (κ1) is 18.3. The molecule has 26 heavy (non-hydrogen) atoms. The van der Waals surface area contributed by atoms with Gasteiger partial charge in [-0.2, -0.15) is 0 Å². The predicted octanol–water partition coefficient (Wildman–Crippen LogP) is 2.64. The fourth-order valence-corrected chi connectivity index (χ4v) is 3.18. The minimum absolute atomic E-state index is 0.621. The van der Waals surface area contributed by atoms with E-state index in [4.69, 9.17) is 16.3 Å². The second kappa shape index (κ2) is 8.76. The molecule has 6 nitrogen and oxygen atoms in total. The van der Waals surface area contributed by atoms with E-state index < -0.39 is 0 Å². The molecule has 1 N–H and O–H groups in total. The number of anilines is 1. The van der Waals surface area contributed by atoms with Gasteiger partial charge in [-0.1, -0.05) is 23.7 Å². The molecule has 1 aromatic carbocycles. The average molecular weight is 374 g/mol. The van der Waals surface area contributed by atoms with Gasteiger partial charge in [0.05, 0.1) is 7.11 Å². The Labute approximate surface area is 159 Å². The molecule has 0 bridgehead atoms. The smallest absolute Gasteiger partial charge is 0.212 e. The summed E-state index contributed by atoms with van der Waals surface area (Å²) >= 11 is 6.10. The minimum Gasteiger partial charge on any atom is -0.481 e. The lowest BCUT2D eigenvalue weighted by Crippen LogP contribution is -2.52. The van der Waals surface area contributed by atoms with Gasteiger partial charge in [0.25, 0.3) is 0 Å². The van der Waals surface area contributed by atoms with Crippen molar-refractivity contribution in [1.29, 1.82) is 0 Å². The molecular weight excluding hydrogens is 350 g/mol. The third-order valence-corrected chi connectivity index (χ3v) is 4.66. The number of aliphatic imine (C=N–C) groups is 1. The van der Waals surface area contributed by atoms with Gasteiger partial charge in [-0.15, -0.1) is 0 Å². The van der Waals surface area contributed by atoms with Gasteiger partial charge in [-0.05, 0) is 23.8 Å². The zero-order valence-electron chi connectivity index (χ0n) is 15.2. The van der Waals surface area contributed by atoms with Gasteiger partial charge in [-0.3, -0.25) is 4.99 Å². The number of nitrogens with one attached hydrogen (secondary N) is 1. The van der Waals surface area contributed by atoms with Crippen LogP contribution in [0.2, 0.25) is 5.02 Å². The highest BCUT2D eigenvalue weighted by Crippen LogP contribution is 2.20. The van der Waals surface area contributed by atoms with E-state index in [1.165, 1.54) is 5.69 Å². The van der Waals surface area contributed by atoms with Crippen molar-refractivity contribution in [3.8, 4) is 5.88 Å². The van der Waals surface area contributed by atoms with E-state index >= 15 is 0 Å². The van der Waals surface area contributed by atoms with Gasteiger partial charge >= 0.3 is 0 Å². The maximum atomic E-state index is 6.10. The zero-order chi connectivity index (χ0) is 18.4. The van der Waals surface area contributed by atoms with Crippen molar-refractivity contribution < 1.29 is 4.74 Å². The Morgan fingerprint density at radius 2 is 2.04 bits per heavy atom. The molecule has 2 aromatic rings. The lowest BCUT2D eigenvalue weighted by Gasteiger charge is -2.37. The zero-order valence-corrected chi connectivity index (χ0v) is 15.9. The standard InChI is InChI=1S/C19H24ClN5O/c1-21-19(23-14-15-6-7-18(26-2)22-13-15)25-10-8-24(9-11-25)17-5-3-4-16(20)12-17/h3-7,12-13H,8-11,14H2,1-2H3,(H,21,23). The maximum Gasteiger partial charge on any atom is 0.212 e. The van der Waals surface area contributed by atoms with Crippen LogP contribution in [-0.2, 0) is 6.54 Å². The number of methoxy groups -OCH3 is 1.